The van der Waals surface area contributed by atoms with E-state index in [4.69, 9.17) is 11.6 Å². The predicted molar refractivity (Wildman–Crippen MR) is 54.8 cm³/mol. The lowest BCUT2D eigenvalue weighted by molar-refractivity contribution is 0.177. The van der Waals surface area contributed by atoms with E-state index in [1.165, 1.54) is 0 Å². The standard InChI is InChI=1S/C7H13ClN2O4S/c1-5-3-10(4-6(5)8)15(12,13)9-7(11)14-2/h5-6H,3-4H2,1-2H3,(H,9,11). The summed E-state index contributed by atoms with van der Waals surface area (Å²) < 4.78 is 30.2. The van der Waals surface area contributed by atoms with Gasteiger partial charge in [0.2, 0.25) is 0 Å². The number of carbonyl (C=O) groups is 1. The van der Waals surface area contributed by atoms with Crippen LogP contribution >= 0.6 is 11.6 Å². The Bertz CT molecular complexity index is 335. The molecule has 88 valence electrons. The Morgan fingerprint density at radius 1 is 1.53 bits per heavy atom. The van der Waals surface area contributed by atoms with Crippen LogP contribution in [-0.2, 0) is 14.9 Å². The second-order valence-electron chi connectivity index (χ2n) is 3.41. The Labute approximate surface area is 93.7 Å². The molecule has 2 unspecified atom stereocenters. The van der Waals surface area contributed by atoms with Gasteiger partial charge in [0.15, 0.2) is 0 Å². The maximum absolute atomic E-state index is 11.5. The van der Waals surface area contributed by atoms with Crippen LogP contribution in [0, 0.1) is 5.92 Å². The Kier molecular flexibility index (Phi) is 3.80. The van der Waals surface area contributed by atoms with Crippen LogP contribution in [0.2, 0.25) is 0 Å². The maximum Gasteiger partial charge on any atom is 0.421 e. The molecular formula is C7H13ClN2O4S. The number of amides is 1. The van der Waals surface area contributed by atoms with Gasteiger partial charge < -0.3 is 4.74 Å². The van der Waals surface area contributed by atoms with Crippen LogP contribution in [-0.4, -0.2) is 44.4 Å². The molecule has 2 atom stereocenters. The summed E-state index contributed by atoms with van der Waals surface area (Å²) in [5, 5.41) is -0.223. The third-order valence-electron chi connectivity index (χ3n) is 2.22. The zero-order valence-electron chi connectivity index (χ0n) is 8.44. The van der Waals surface area contributed by atoms with Crippen molar-refractivity contribution >= 4 is 27.9 Å². The number of hydrogen-bond donors (Lipinski definition) is 1. The van der Waals surface area contributed by atoms with Crippen LogP contribution in [0.4, 0.5) is 4.79 Å². The first kappa shape index (κ1) is 12.5. The fourth-order valence-corrected chi connectivity index (χ4v) is 2.83. The molecule has 1 heterocycles. The number of carbonyl (C=O) groups excluding carboxylic acids is 1. The van der Waals surface area contributed by atoms with E-state index in [2.05, 4.69) is 4.74 Å². The minimum absolute atomic E-state index is 0.0703. The number of hydrogen-bond acceptors (Lipinski definition) is 4. The van der Waals surface area contributed by atoms with Gasteiger partial charge in [-0.15, -0.1) is 11.6 Å². The summed E-state index contributed by atoms with van der Waals surface area (Å²) in [6, 6.07) is 0. The van der Waals surface area contributed by atoms with Gasteiger partial charge in [0.1, 0.15) is 0 Å². The van der Waals surface area contributed by atoms with E-state index in [-0.39, 0.29) is 17.8 Å². The molecule has 8 heteroatoms. The van der Waals surface area contributed by atoms with Crippen molar-refractivity contribution < 1.29 is 17.9 Å². The number of nitrogens with zero attached hydrogens (tertiary/aromatic N) is 1. The van der Waals surface area contributed by atoms with Crippen LogP contribution in [0.25, 0.3) is 0 Å². The minimum atomic E-state index is -3.81. The quantitative estimate of drug-likeness (QED) is 0.714. The Hall–Kier alpha value is -0.530. The summed E-state index contributed by atoms with van der Waals surface area (Å²) in [6.45, 7) is 2.36. The fourth-order valence-electron chi connectivity index (χ4n) is 1.29. The smallest absolute Gasteiger partial charge is 0.421 e. The molecular weight excluding hydrogens is 244 g/mol. The molecule has 1 rings (SSSR count). The molecule has 6 nitrogen and oxygen atoms in total. The van der Waals surface area contributed by atoms with E-state index in [1.807, 2.05) is 6.92 Å². The summed E-state index contributed by atoms with van der Waals surface area (Å²) in [4.78, 5) is 10.8. The third-order valence-corrected chi connectivity index (χ3v) is 4.20. The van der Waals surface area contributed by atoms with Crippen molar-refractivity contribution in [3.63, 3.8) is 0 Å². The largest absolute Gasteiger partial charge is 0.452 e. The molecule has 1 aliphatic rings. The molecule has 1 aliphatic heterocycles. The molecule has 15 heavy (non-hydrogen) atoms. The summed E-state index contributed by atoms with van der Waals surface area (Å²) in [5.41, 5.74) is 0. The second-order valence-corrected chi connectivity index (χ2v) is 5.64. The second kappa shape index (κ2) is 4.54. The van der Waals surface area contributed by atoms with Crippen LogP contribution in [0.5, 0.6) is 0 Å². The Balaban J connectivity index is 2.68. The van der Waals surface area contributed by atoms with Gasteiger partial charge in [-0.25, -0.2) is 9.52 Å². The summed E-state index contributed by atoms with van der Waals surface area (Å²) >= 11 is 5.88. The molecule has 0 radical (unpaired) electrons. The number of nitrogens with one attached hydrogen (secondary N) is 1. The zero-order chi connectivity index (χ0) is 11.6. The van der Waals surface area contributed by atoms with Gasteiger partial charge in [-0.05, 0) is 5.92 Å². The monoisotopic (exact) mass is 256 g/mol. The topological polar surface area (TPSA) is 75.7 Å². The number of alkyl halides is 1. The van der Waals surface area contributed by atoms with Gasteiger partial charge in [0, 0.05) is 13.1 Å². The molecule has 0 saturated carbocycles. The van der Waals surface area contributed by atoms with E-state index in [9.17, 15) is 13.2 Å². The maximum atomic E-state index is 11.5. The lowest BCUT2D eigenvalue weighted by Crippen LogP contribution is -2.42. The Morgan fingerprint density at radius 2 is 2.13 bits per heavy atom. The lowest BCUT2D eigenvalue weighted by Gasteiger charge is -2.15. The van der Waals surface area contributed by atoms with E-state index >= 15 is 0 Å². The van der Waals surface area contributed by atoms with Crippen molar-refractivity contribution in [2.24, 2.45) is 5.92 Å². The highest BCUT2D eigenvalue weighted by Gasteiger charge is 2.36. The number of halogens is 1. The fraction of sp³-hybridized carbons (Fsp3) is 0.857. The molecule has 1 N–H and O–H groups in total. The zero-order valence-corrected chi connectivity index (χ0v) is 10.0. The number of ether oxygens (including phenoxy) is 1. The van der Waals surface area contributed by atoms with Crippen molar-refractivity contribution in [1.82, 2.24) is 9.03 Å². The first-order chi connectivity index (χ1) is 6.86. The SMILES string of the molecule is COC(=O)NS(=O)(=O)N1CC(C)C(Cl)C1. The van der Waals surface area contributed by atoms with Crippen molar-refractivity contribution in [1.29, 1.82) is 0 Å². The predicted octanol–water partition coefficient (Wildman–Crippen LogP) is 0.146. The Morgan fingerprint density at radius 3 is 2.53 bits per heavy atom. The highest BCUT2D eigenvalue weighted by molar-refractivity contribution is 7.87. The van der Waals surface area contributed by atoms with E-state index < -0.39 is 16.3 Å². The van der Waals surface area contributed by atoms with Crippen molar-refractivity contribution in [3.05, 3.63) is 0 Å². The molecule has 0 aliphatic carbocycles. The van der Waals surface area contributed by atoms with Crippen LogP contribution in [0.3, 0.4) is 0 Å². The number of rotatable bonds is 2. The van der Waals surface area contributed by atoms with E-state index in [1.54, 1.807) is 4.72 Å². The molecule has 0 spiro atoms. The molecule has 1 amide bonds. The van der Waals surface area contributed by atoms with Gasteiger partial charge in [-0.3, -0.25) is 0 Å². The van der Waals surface area contributed by atoms with Crippen molar-refractivity contribution in [3.8, 4) is 0 Å². The molecule has 0 bridgehead atoms. The third kappa shape index (κ3) is 2.96. The summed E-state index contributed by atoms with van der Waals surface area (Å²) in [7, 11) is -2.71. The number of methoxy groups -OCH3 is 1. The normalized spacial score (nSPS) is 27.7. The van der Waals surface area contributed by atoms with Gasteiger partial charge in [0.05, 0.1) is 12.5 Å². The van der Waals surface area contributed by atoms with E-state index in [0.717, 1.165) is 11.4 Å². The van der Waals surface area contributed by atoms with Gasteiger partial charge in [0.25, 0.3) is 0 Å². The molecule has 0 aromatic carbocycles. The highest BCUT2D eigenvalue weighted by Crippen LogP contribution is 2.23. The van der Waals surface area contributed by atoms with Crippen LogP contribution < -0.4 is 4.72 Å². The average Bonchev–Trinajstić information content (AvgIpc) is 2.47. The summed E-state index contributed by atoms with van der Waals surface area (Å²) in [6.07, 6.45) is -0.999. The lowest BCUT2D eigenvalue weighted by atomic mass is 10.2. The minimum Gasteiger partial charge on any atom is -0.452 e. The van der Waals surface area contributed by atoms with Crippen LogP contribution in [0.15, 0.2) is 0 Å². The van der Waals surface area contributed by atoms with Gasteiger partial charge >= 0.3 is 16.3 Å². The first-order valence-corrected chi connectivity index (χ1v) is 6.24. The highest BCUT2D eigenvalue weighted by atomic mass is 35.5. The first-order valence-electron chi connectivity index (χ1n) is 4.36. The van der Waals surface area contributed by atoms with Crippen LogP contribution in [0.1, 0.15) is 6.92 Å². The molecule has 0 aromatic heterocycles. The average molecular weight is 257 g/mol. The van der Waals surface area contributed by atoms with Gasteiger partial charge in [-0.1, -0.05) is 6.92 Å². The van der Waals surface area contributed by atoms with Crippen molar-refractivity contribution in [2.75, 3.05) is 20.2 Å². The molecule has 1 fully saturated rings. The molecule has 0 aromatic rings. The van der Waals surface area contributed by atoms with Gasteiger partial charge in [-0.2, -0.15) is 12.7 Å². The van der Waals surface area contributed by atoms with E-state index in [0.29, 0.717) is 6.54 Å². The van der Waals surface area contributed by atoms with Crippen molar-refractivity contribution in [2.45, 2.75) is 12.3 Å². The summed E-state index contributed by atoms with van der Waals surface area (Å²) in [5.74, 6) is 0.0703. The molecule has 1 saturated heterocycles.